The topological polar surface area (TPSA) is 43.3 Å². The minimum Gasteiger partial charge on any atom is -0.445 e. The maximum atomic E-state index is 5.30. The molecule has 0 N–H and O–H groups in total. The second-order valence-corrected chi connectivity index (χ2v) is 4.96. The van der Waals surface area contributed by atoms with Gasteiger partial charge >= 0.3 is 0 Å². The molecule has 3 aromatic rings. The fourth-order valence-electron chi connectivity index (χ4n) is 1.92. The van der Waals surface area contributed by atoms with Gasteiger partial charge in [0.05, 0.1) is 12.5 Å². The predicted octanol–water partition coefficient (Wildman–Crippen LogP) is 2.77. The number of furan rings is 1. The molecule has 0 aliphatic heterocycles. The lowest BCUT2D eigenvalue weighted by atomic mass is 9.93. The molecular formula is C12H13N3O. The third kappa shape index (κ3) is 1.16. The van der Waals surface area contributed by atoms with Gasteiger partial charge in [-0.3, -0.25) is 4.40 Å². The van der Waals surface area contributed by atoms with Crippen LogP contribution in [0.3, 0.4) is 0 Å². The Balaban J connectivity index is 2.51. The SMILES string of the molecule is CC(C)(C)c1cnc2cnc3occc3n12. The molecule has 16 heavy (non-hydrogen) atoms. The maximum absolute atomic E-state index is 5.30. The van der Waals surface area contributed by atoms with Crippen molar-refractivity contribution >= 4 is 16.9 Å². The van der Waals surface area contributed by atoms with Crippen LogP contribution in [0, 0.1) is 0 Å². The van der Waals surface area contributed by atoms with Crippen LogP contribution in [0.25, 0.3) is 16.9 Å². The molecule has 0 aromatic carbocycles. The number of fused-ring (bicyclic) bond motifs is 3. The first-order valence-corrected chi connectivity index (χ1v) is 5.27. The van der Waals surface area contributed by atoms with Gasteiger partial charge in [0.25, 0.3) is 0 Å². The Hall–Kier alpha value is -1.84. The van der Waals surface area contributed by atoms with E-state index in [1.807, 2.05) is 12.3 Å². The number of hydrogen-bond donors (Lipinski definition) is 0. The van der Waals surface area contributed by atoms with E-state index in [1.54, 1.807) is 12.5 Å². The molecule has 82 valence electrons. The Morgan fingerprint density at radius 3 is 2.75 bits per heavy atom. The standard InChI is InChI=1S/C12H13N3O/c1-12(2,3)9-6-13-10-7-14-11-8(15(9)10)4-5-16-11/h4-7H,1-3H3. The van der Waals surface area contributed by atoms with Crippen LogP contribution in [0.5, 0.6) is 0 Å². The Kier molecular flexibility index (Phi) is 1.67. The van der Waals surface area contributed by atoms with E-state index in [2.05, 4.69) is 35.1 Å². The van der Waals surface area contributed by atoms with Gasteiger partial charge in [-0.05, 0) is 0 Å². The molecule has 0 saturated heterocycles. The van der Waals surface area contributed by atoms with Crippen LogP contribution < -0.4 is 0 Å². The molecule has 4 nitrogen and oxygen atoms in total. The summed E-state index contributed by atoms with van der Waals surface area (Å²) in [5, 5.41) is 0. The first kappa shape index (κ1) is 9.39. The number of aromatic nitrogens is 3. The van der Waals surface area contributed by atoms with Gasteiger partial charge in [0.2, 0.25) is 5.71 Å². The van der Waals surface area contributed by atoms with E-state index in [0.29, 0.717) is 5.71 Å². The average molecular weight is 215 g/mol. The highest BCUT2D eigenvalue weighted by molar-refractivity contribution is 5.72. The summed E-state index contributed by atoms with van der Waals surface area (Å²) >= 11 is 0. The number of hydrogen-bond acceptors (Lipinski definition) is 3. The van der Waals surface area contributed by atoms with E-state index in [0.717, 1.165) is 16.9 Å². The third-order valence-electron chi connectivity index (χ3n) is 2.72. The smallest absolute Gasteiger partial charge is 0.243 e. The monoisotopic (exact) mass is 215 g/mol. The van der Waals surface area contributed by atoms with E-state index < -0.39 is 0 Å². The molecule has 0 aliphatic carbocycles. The van der Waals surface area contributed by atoms with Crippen LogP contribution >= 0.6 is 0 Å². The van der Waals surface area contributed by atoms with Crippen LogP contribution in [0.2, 0.25) is 0 Å². The van der Waals surface area contributed by atoms with Gasteiger partial charge in [0, 0.05) is 23.4 Å². The van der Waals surface area contributed by atoms with Crippen molar-refractivity contribution in [1.29, 1.82) is 0 Å². The van der Waals surface area contributed by atoms with Gasteiger partial charge in [0.15, 0.2) is 5.65 Å². The highest BCUT2D eigenvalue weighted by atomic mass is 16.3. The van der Waals surface area contributed by atoms with Crippen molar-refractivity contribution < 1.29 is 4.42 Å². The van der Waals surface area contributed by atoms with E-state index in [-0.39, 0.29) is 5.41 Å². The van der Waals surface area contributed by atoms with Crippen molar-refractivity contribution in [3.05, 3.63) is 30.4 Å². The first-order valence-electron chi connectivity index (χ1n) is 5.27. The van der Waals surface area contributed by atoms with Gasteiger partial charge < -0.3 is 4.42 Å². The molecule has 0 unspecified atom stereocenters. The van der Waals surface area contributed by atoms with Gasteiger partial charge in [-0.25, -0.2) is 9.97 Å². The number of imidazole rings is 1. The van der Waals surface area contributed by atoms with Gasteiger partial charge in [0.1, 0.15) is 5.52 Å². The molecule has 3 heterocycles. The van der Waals surface area contributed by atoms with Crippen LogP contribution in [-0.2, 0) is 5.41 Å². The van der Waals surface area contributed by atoms with Gasteiger partial charge in [-0.2, -0.15) is 0 Å². The van der Waals surface area contributed by atoms with E-state index >= 15 is 0 Å². The highest BCUT2D eigenvalue weighted by Gasteiger charge is 2.20. The minimum atomic E-state index is 0.0466. The normalized spacial score (nSPS) is 12.7. The lowest BCUT2D eigenvalue weighted by molar-refractivity contribution is 0.565. The fraction of sp³-hybridized carbons (Fsp3) is 0.333. The quantitative estimate of drug-likeness (QED) is 0.579. The van der Waals surface area contributed by atoms with Crippen molar-refractivity contribution in [2.45, 2.75) is 26.2 Å². The molecule has 0 radical (unpaired) electrons. The summed E-state index contributed by atoms with van der Waals surface area (Å²) in [4.78, 5) is 8.59. The molecule has 3 aromatic heterocycles. The Labute approximate surface area is 92.9 Å². The van der Waals surface area contributed by atoms with Gasteiger partial charge in [-0.15, -0.1) is 0 Å². The molecule has 0 fully saturated rings. The Bertz CT molecular complexity index is 658. The van der Waals surface area contributed by atoms with Crippen molar-refractivity contribution in [2.75, 3.05) is 0 Å². The second-order valence-electron chi connectivity index (χ2n) is 4.96. The molecule has 0 spiro atoms. The molecule has 4 heteroatoms. The highest BCUT2D eigenvalue weighted by Crippen LogP contribution is 2.26. The molecule has 0 bridgehead atoms. The summed E-state index contributed by atoms with van der Waals surface area (Å²) < 4.78 is 7.41. The fourth-order valence-corrected chi connectivity index (χ4v) is 1.92. The van der Waals surface area contributed by atoms with Crippen molar-refractivity contribution in [2.24, 2.45) is 0 Å². The number of rotatable bonds is 0. The van der Waals surface area contributed by atoms with Crippen molar-refractivity contribution in [3.8, 4) is 0 Å². The summed E-state index contributed by atoms with van der Waals surface area (Å²) in [5.74, 6) is 0. The second kappa shape index (κ2) is 2.84. The lowest BCUT2D eigenvalue weighted by Gasteiger charge is -2.17. The zero-order valence-corrected chi connectivity index (χ0v) is 9.56. The summed E-state index contributed by atoms with van der Waals surface area (Å²) in [6.07, 6.45) is 5.30. The molecule has 0 atom stereocenters. The molecule has 0 aliphatic rings. The Morgan fingerprint density at radius 2 is 2.00 bits per heavy atom. The van der Waals surface area contributed by atoms with Crippen molar-refractivity contribution in [1.82, 2.24) is 14.4 Å². The minimum absolute atomic E-state index is 0.0466. The average Bonchev–Trinajstić information content (AvgIpc) is 2.81. The largest absolute Gasteiger partial charge is 0.445 e. The molecule has 0 amide bonds. The van der Waals surface area contributed by atoms with Crippen LogP contribution in [-0.4, -0.2) is 14.4 Å². The summed E-state index contributed by atoms with van der Waals surface area (Å²) in [7, 11) is 0. The molecule has 0 saturated carbocycles. The van der Waals surface area contributed by atoms with Gasteiger partial charge in [-0.1, -0.05) is 20.8 Å². The summed E-state index contributed by atoms with van der Waals surface area (Å²) in [5.41, 5.74) is 3.69. The van der Waals surface area contributed by atoms with E-state index in [9.17, 15) is 0 Å². The molecular weight excluding hydrogens is 202 g/mol. The Morgan fingerprint density at radius 1 is 1.19 bits per heavy atom. The summed E-state index contributed by atoms with van der Waals surface area (Å²) in [6, 6.07) is 1.92. The lowest BCUT2D eigenvalue weighted by Crippen LogP contribution is -2.14. The van der Waals surface area contributed by atoms with Crippen LogP contribution in [0.15, 0.2) is 29.1 Å². The third-order valence-corrected chi connectivity index (χ3v) is 2.72. The molecule has 3 rings (SSSR count). The zero-order chi connectivity index (χ0) is 11.3. The van der Waals surface area contributed by atoms with E-state index in [1.165, 1.54) is 0 Å². The van der Waals surface area contributed by atoms with Crippen molar-refractivity contribution in [3.63, 3.8) is 0 Å². The zero-order valence-electron chi connectivity index (χ0n) is 9.56. The van der Waals surface area contributed by atoms with Crippen LogP contribution in [0.1, 0.15) is 26.5 Å². The maximum Gasteiger partial charge on any atom is 0.243 e. The van der Waals surface area contributed by atoms with E-state index in [4.69, 9.17) is 4.42 Å². The first-order chi connectivity index (χ1) is 7.57. The number of nitrogens with zero attached hydrogens (tertiary/aromatic N) is 3. The summed E-state index contributed by atoms with van der Waals surface area (Å²) in [6.45, 7) is 6.51. The van der Waals surface area contributed by atoms with Crippen LogP contribution in [0.4, 0.5) is 0 Å². The predicted molar refractivity (Wildman–Crippen MR) is 61.5 cm³/mol.